The van der Waals surface area contributed by atoms with E-state index in [2.05, 4.69) is 22.1 Å². The van der Waals surface area contributed by atoms with Crippen LogP contribution < -0.4 is 5.32 Å². The van der Waals surface area contributed by atoms with Gasteiger partial charge in [0.25, 0.3) is 0 Å². The Morgan fingerprint density at radius 2 is 2.16 bits per heavy atom. The van der Waals surface area contributed by atoms with Gasteiger partial charge >= 0.3 is 5.97 Å². The summed E-state index contributed by atoms with van der Waals surface area (Å²) in [5, 5.41) is 3.08. The number of carbonyl (C=O) groups excluding carboxylic acids is 1. The molecule has 0 aliphatic carbocycles. The summed E-state index contributed by atoms with van der Waals surface area (Å²) in [5.41, 5.74) is -0.443. The van der Waals surface area contributed by atoms with E-state index in [0.29, 0.717) is 5.92 Å². The zero-order valence-corrected chi connectivity index (χ0v) is 12.8. The third kappa shape index (κ3) is 5.94. The summed E-state index contributed by atoms with van der Waals surface area (Å²) >= 11 is 0. The van der Waals surface area contributed by atoms with Gasteiger partial charge in [-0.25, -0.2) is 0 Å². The number of piperidine rings is 1. The fourth-order valence-electron chi connectivity index (χ4n) is 2.24. The Labute approximate surface area is 116 Å². The molecule has 0 aromatic heterocycles. The van der Waals surface area contributed by atoms with Crippen LogP contribution in [-0.2, 0) is 9.53 Å². The van der Waals surface area contributed by atoms with Crippen LogP contribution in [0.15, 0.2) is 4.99 Å². The zero-order chi connectivity index (χ0) is 14.5. The normalized spacial score (nSPS) is 21.2. The number of nitrogens with zero attached hydrogens (tertiary/aromatic N) is 2. The molecular formula is C14H27N3O2. The topological polar surface area (TPSA) is 53.9 Å². The van der Waals surface area contributed by atoms with Crippen molar-refractivity contribution < 1.29 is 9.53 Å². The lowest BCUT2D eigenvalue weighted by Crippen LogP contribution is -2.48. The Balaban J connectivity index is 2.43. The second-order valence-corrected chi connectivity index (χ2v) is 6.18. The van der Waals surface area contributed by atoms with Crippen molar-refractivity contribution in [2.75, 3.05) is 26.7 Å². The van der Waals surface area contributed by atoms with Crippen molar-refractivity contribution in [1.82, 2.24) is 10.2 Å². The van der Waals surface area contributed by atoms with Gasteiger partial charge in [-0.3, -0.25) is 9.79 Å². The highest BCUT2D eigenvalue weighted by atomic mass is 16.6. The van der Waals surface area contributed by atoms with Crippen molar-refractivity contribution in [3.05, 3.63) is 0 Å². The first kappa shape index (κ1) is 15.8. The third-order valence-corrected chi connectivity index (χ3v) is 2.98. The van der Waals surface area contributed by atoms with Crippen molar-refractivity contribution in [3.8, 4) is 0 Å². The molecule has 0 radical (unpaired) electrons. The molecule has 5 nitrogen and oxygen atoms in total. The molecule has 1 fully saturated rings. The van der Waals surface area contributed by atoms with Crippen molar-refractivity contribution in [3.63, 3.8) is 0 Å². The largest absolute Gasteiger partial charge is 0.459 e. The number of likely N-dealkylation sites (tertiary alicyclic amines) is 1. The van der Waals surface area contributed by atoms with Gasteiger partial charge in [0.2, 0.25) is 0 Å². The minimum atomic E-state index is -0.443. The molecule has 0 aromatic rings. The van der Waals surface area contributed by atoms with E-state index in [0.717, 1.165) is 19.0 Å². The Bertz CT molecular complexity index is 334. The molecule has 0 spiro atoms. The Kier molecular flexibility index (Phi) is 5.63. The van der Waals surface area contributed by atoms with Crippen LogP contribution in [0.2, 0.25) is 0 Å². The molecule has 19 heavy (non-hydrogen) atoms. The molecular weight excluding hydrogens is 242 g/mol. The number of nitrogens with one attached hydrogen (secondary N) is 1. The first-order chi connectivity index (χ1) is 8.81. The minimum absolute atomic E-state index is 0.162. The summed E-state index contributed by atoms with van der Waals surface area (Å²) in [6, 6.07) is 0. The van der Waals surface area contributed by atoms with Gasteiger partial charge in [-0.1, -0.05) is 6.92 Å². The highest BCUT2D eigenvalue weighted by Gasteiger charge is 2.21. The number of esters is 1. The summed E-state index contributed by atoms with van der Waals surface area (Å²) in [7, 11) is 1.75. The number of carbonyl (C=O) groups is 1. The van der Waals surface area contributed by atoms with Crippen LogP contribution in [0.25, 0.3) is 0 Å². The number of hydrogen-bond donors (Lipinski definition) is 1. The van der Waals surface area contributed by atoms with E-state index in [9.17, 15) is 4.79 Å². The molecule has 0 amide bonds. The van der Waals surface area contributed by atoms with E-state index in [1.165, 1.54) is 12.8 Å². The summed E-state index contributed by atoms with van der Waals surface area (Å²) < 4.78 is 5.27. The highest BCUT2D eigenvalue weighted by Crippen LogP contribution is 2.15. The number of hydrogen-bond acceptors (Lipinski definition) is 3. The maximum Gasteiger partial charge on any atom is 0.325 e. The molecule has 110 valence electrons. The van der Waals surface area contributed by atoms with E-state index in [1.807, 2.05) is 20.8 Å². The molecule has 1 N–H and O–H groups in total. The standard InChI is InChI=1S/C14H27N3O2/c1-11-7-6-8-17(10-11)13(15-5)16-9-12(18)19-14(2,3)4/h11H,6-10H2,1-5H3,(H,15,16). The molecule has 1 aliphatic rings. The van der Waals surface area contributed by atoms with E-state index >= 15 is 0 Å². The van der Waals surface area contributed by atoms with Gasteiger partial charge in [0.1, 0.15) is 12.1 Å². The SMILES string of the molecule is CN=C(NCC(=O)OC(C)(C)C)N1CCCC(C)C1. The zero-order valence-electron chi connectivity index (χ0n) is 12.8. The lowest BCUT2D eigenvalue weighted by Gasteiger charge is -2.33. The predicted molar refractivity (Wildman–Crippen MR) is 77.2 cm³/mol. The molecule has 1 saturated heterocycles. The van der Waals surface area contributed by atoms with Crippen molar-refractivity contribution in [1.29, 1.82) is 0 Å². The molecule has 1 unspecified atom stereocenters. The van der Waals surface area contributed by atoms with Crippen molar-refractivity contribution >= 4 is 11.9 Å². The maximum absolute atomic E-state index is 11.7. The van der Waals surface area contributed by atoms with Gasteiger partial charge in [0.05, 0.1) is 0 Å². The molecule has 0 aromatic carbocycles. The smallest absolute Gasteiger partial charge is 0.325 e. The summed E-state index contributed by atoms with van der Waals surface area (Å²) in [6.45, 7) is 10.00. The molecule has 0 bridgehead atoms. The summed E-state index contributed by atoms with van der Waals surface area (Å²) in [6.07, 6.45) is 2.44. The number of rotatable bonds is 2. The summed E-state index contributed by atoms with van der Waals surface area (Å²) in [5.74, 6) is 1.21. The first-order valence-electron chi connectivity index (χ1n) is 6.99. The fraction of sp³-hybridized carbons (Fsp3) is 0.857. The van der Waals surface area contributed by atoms with Crippen molar-refractivity contribution in [2.45, 2.75) is 46.1 Å². The number of ether oxygens (including phenoxy) is 1. The second kappa shape index (κ2) is 6.78. The lowest BCUT2D eigenvalue weighted by atomic mass is 10.0. The Hall–Kier alpha value is -1.26. The molecule has 1 heterocycles. The number of guanidine groups is 1. The van der Waals surface area contributed by atoms with Crippen LogP contribution in [0, 0.1) is 5.92 Å². The van der Waals surface area contributed by atoms with E-state index in [-0.39, 0.29) is 12.5 Å². The van der Waals surface area contributed by atoms with Gasteiger partial charge < -0.3 is 15.0 Å². The molecule has 0 saturated carbocycles. The fourth-order valence-corrected chi connectivity index (χ4v) is 2.24. The van der Waals surface area contributed by atoms with Gasteiger partial charge in [-0.05, 0) is 39.5 Å². The van der Waals surface area contributed by atoms with Gasteiger partial charge in [-0.15, -0.1) is 0 Å². The Morgan fingerprint density at radius 3 is 2.68 bits per heavy atom. The second-order valence-electron chi connectivity index (χ2n) is 6.18. The van der Waals surface area contributed by atoms with Crippen LogP contribution in [0.5, 0.6) is 0 Å². The van der Waals surface area contributed by atoms with E-state index in [4.69, 9.17) is 4.74 Å². The monoisotopic (exact) mass is 269 g/mol. The van der Waals surface area contributed by atoms with Crippen LogP contribution in [0.3, 0.4) is 0 Å². The van der Waals surface area contributed by atoms with Crippen LogP contribution in [0.1, 0.15) is 40.5 Å². The van der Waals surface area contributed by atoms with E-state index < -0.39 is 5.60 Å². The lowest BCUT2D eigenvalue weighted by molar-refractivity contribution is -0.153. The van der Waals surface area contributed by atoms with Crippen LogP contribution in [-0.4, -0.2) is 49.1 Å². The number of aliphatic imine (C=N–C) groups is 1. The highest BCUT2D eigenvalue weighted by molar-refractivity contribution is 5.84. The molecule has 5 heteroatoms. The van der Waals surface area contributed by atoms with Crippen LogP contribution in [0.4, 0.5) is 0 Å². The van der Waals surface area contributed by atoms with Gasteiger partial charge in [-0.2, -0.15) is 0 Å². The quantitative estimate of drug-likeness (QED) is 0.470. The van der Waals surface area contributed by atoms with E-state index in [1.54, 1.807) is 7.05 Å². The molecule has 1 rings (SSSR count). The van der Waals surface area contributed by atoms with Gasteiger partial charge in [0.15, 0.2) is 5.96 Å². The average Bonchev–Trinajstić information content (AvgIpc) is 2.27. The predicted octanol–water partition coefficient (Wildman–Crippen LogP) is 1.64. The molecule has 1 atom stereocenters. The molecule has 1 aliphatic heterocycles. The minimum Gasteiger partial charge on any atom is -0.459 e. The summed E-state index contributed by atoms with van der Waals surface area (Å²) in [4.78, 5) is 18.1. The maximum atomic E-state index is 11.7. The van der Waals surface area contributed by atoms with Crippen molar-refractivity contribution in [2.24, 2.45) is 10.9 Å². The van der Waals surface area contributed by atoms with Gasteiger partial charge in [0, 0.05) is 20.1 Å². The Morgan fingerprint density at radius 1 is 1.47 bits per heavy atom. The average molecular weight is 269 g/mol. The first-order valence-corrected chi connectivity index (χ1v) is 6.99. The van der Waals surface area contributed by atoms with Crippen LogP contribution >= 0.6 is 0 Å². The third-order valence-electron chi connectivity index (χ3n) is 2.98.